The first-order chi connectivity index (χ1) is 9.28. The zero-order valence-corrected chi connectivity index (χ0v) is 11.0. The Morgan fingerprint density at radius 1 is 1.45 bits per heavy atom. The molecule has 112 valence electrons. The summed E-state index contributed by atoms with van der Waals surface area (Å²) < 4.78 is 36.2. The van der Waals surface area contributed by atoms with Crippen molar-refractivity contribution in [3.05, 3.63) is 0 Å². The summed E-state index contributed by atoms with van der Waals surface area (Å²) >= 11 is 0. The highest BCUT2D eigenvalue weighted by Crippen LogP contribution is 2.19. The molecule has 2 amide bonds. The molecule has 0 bridgehead atoms. The number of hydrogen-bond donors (Lipinski definition) is 1. The number of carbonyl (C=O) groups excluding carboxylic acids is 2. The standard InChI is InChI=1S/C13H17F3N2O2/c14-13(15,16)7-6-10-3-1-5-12(20)18(9-10)8-2-4-11(17)19/h10H,1-5,8-9H2,(H2,17,19). The molecule has 7 heteroatoms. The summed E-state index contributed by atoms with van der Waals surface area (Å²) in [5, 5.41) is 0. The van der Waals surface area contributed by atoms with Gasteiger partial charge in [0.1, 0.15) is 0 Å². The molecule has 1 aliphatic heterocycles. The molecule has 1 saturated heterocycles. The highest BCUT2D eigenvalue weighted by molar-refractivity contribution is 5.77. The zero-order valence-electron chi connectivity index (χ0n) is 11.0. The van der Waals surface area contributed by atoms with Crippen molar-refractivity contribution >= 4 is 11.8 Å². The van der Waals surface area contributed by atoms with Crippen molar-refractivity contribution in [3.63, 3.8) is 0 Å². The van der Waals surface area contributed by atoms with Gasteiger partial charge in [-0.2, -0.15) is 13.2 Å². The Labute approximate surface area is 115 Å². The van der Waals surface area contributed by atoms with Gasteiger partial charge in [-0.15, -0.1) is 0 Å². The van der Waals surface area contributed by atoms with Crippen LogP contribution in [0.5, 0.6) is 0 Å². The summed E-state index contributed by atoms with van der Waals surface area (Å²) in [7, 11) is 0. The lowest BCUT2D eigenvalue weighted by Crippen LogP contribution is -2.34. The van der Waals surface area contributed by atoms with E-state index < -0.39 is 18.0 Å². The van der Waals surface area contributed by atoms with Crippen molar-refractivity contribution < 1.29 is 22.8 Å². The van der Waals surface area contributed by atoms with E-state index in [4.69, 9.17) is 5.73 Å². The fourth-order valence-electron chi connectivity index (χ4n) is 2.08. The topological polar surface area (TPSA) is 63.4 Å². The molecule has 20 heavy (non-hydrogen) atoms. The van der Waals surface area contributed by atoms with Crippen molar-refractivity contribution in [1.29, 1.82) is 0 Å². The summed E-state index contributed by atoms with van der Waals surface area (Å²) in [6.07, 6.45) is -2.62. The summed E-state index contributed by atoms with van der Waals surface area (Å²) in [6.45, 7) is 0.507. The van der Waals surface area contributed by atoms with Crippen molar-refractivity contribution in [2.75, 3.05) is 13.1 Å². The van der Waals surface area contributed by atoms with Gasteiger partial charge >= 0.3 is 6.18 Å². The molecule has 0 aromatic heterocycles. The summed E-state index contributed by atoms with van der Waals surface area (Å²) in [4.78, 5) is 23.9. The molecule has 1 rings (SSSR count). The van der Waals surface area contributed by atoms with Crippen LogP contribution in [0.3, 0.4) is 0 Å². The van der Waals surface area contributed by atoms with E-state index in [9.17, 15) is 22.8 Å². The third-order valence-electron chi connectivity index (χ3n) is 3.01. The lowest BCUT2D eigenvalue weighted by Gasteiger charge is -2.22. The zero-order chi connectivity index (χ0) is 15.2. The van der Waals surface area contributed by atoms with Crippen LogP contribution in [0.15, 0.2) is 0 Å². The maximum atomic E-state index is 12.1. The Hall–Kier alpha value is -1.71. The molecule has 0 aromatic rings. The molecule has 0 radical (unpaired) electrons. The molecule has 0 spiro atoms. The second-order valence-electron chi connectivity index (χ2n) is 4.77. The predicted molar refractivity (Wildman–Crippen MR) is 66.2 cm³/mol. The van der Waals surface area contributed by atoms with Crippen molar-refractivity contribution in [1.82, 2.24) is 4.90 Å². The molecular formula is C13H17F3N2O2. The van der Waals surface area contributed by atoms with Crippen molar-refractivity contribution in [2.24, 2.45) is 11.7 Å². The van der Waals surface area contributed by atoms with E-state index in [-0.39, 0.29) is 18.9 Å². The molecule has 1 heterocycles. The highest BCUT2D eigenvalue weighted by Gasteiger charge is 2.25. The van der Waals surface area contributed by atoms with Gasteiger partial charge in [-0.1, -0.05) is 5.92 Å². The monoisotopic (exact) mass is 290 g/mol. The second kappa shape index (κ2) is 7.17. The number of carbonyl (C=O) groups is 2. The first kappa shape index (κ1) is 16.3. The molecule has 0 aromatic carbocycles. The van der Waals surface area contributed by atoms with Crippen LogP contribution in [0.25, 0.3) is 0 Å². The maximum Gasteiger partial charge on any atom is 0.457 e. The Balaban J connectivity index is 2.60. The number of halogens is 3. The van der Waals surface area contributed by atoms with Crippen LogP contribution in [-0.4, -0.2) is 36.0 Å². The molecule has 1 atom stereocenters. The number of primary amides is 1. The smallest absolute Gasteiger partial charge is 0.370 e. The van der Waals surface area contributed by atoms with Crippen LogP contribution in [0, 0.1) is 17.8 Å². The third kappa shape index (κ3) is 6.45. The summed E-state index contributed by atoms with van der Waals surface area (Å²) in [5.41, 5.74) is 5.01. The predicted octanol–water partition coefficient (Wildman–Crippen LogP) is 1.45. The minimum atomic E-state index is -4.51. The molecule has 1 fully saturated rings. The van der Waals surface area contributed by atoms with Crippen molar-refractivity contribution in [2.45, 2.75) is 38.3 Å². The average Bonchev–Trinajstić information content (AvgIpc) is 2.48. The second-order valence-corrected chi connectivity index (χ2v) is 4.77. The molecular weight excluding hydrogens is 273 g/mol. The van der Waals surface area contributed by atoms with E-state index >= 15 is 0 Å². The Morgan fingerprint density at radius 2 is 2.15 bits per heavy atom. The first-order valence-electron chi connectivity index (χ1n) is 6.43. The number of likely N-dealkylation sites (tertiary alicyclic amines) is 1. The summed E-state index contributed by atoms with van der Waals surface area (Å²) in [6, 6.07) is 0. The van der Waals surface area contributed by atoms with Gasteiger partial charge in [0.2, 0.25) is 11.8 Å². The van der Waals surface area contributed by atoms with Crippen LogP contribution in [-0.2, 0) is 9.59 Å². The van der Waals surface area contributed by atoms with E-state index in [1.807, 2.05) is 0 Å². The van der Waals surface area contributed by atoms with Gasteiger partial charge in [0.15, 0.2) is 0 Å². The number of rotatable bonds is 4. The maximum absolute atomic E-state index is 12.1. The fraction of sp³-hybridized carbons (Fsp3) is 0.692. The van der Waals surface area contributed by atoms with E-state index in [0.717, 1.165) is 0 Å². The molecule has 2 N–H and O–H groups in total. The molecule has 1 unspecified atom stereocenters. The van der Waals surface area contributed by atoms with Gasteiger partial charge in [0, 0.05) is 37.8 Å². The number of alkyl halides is 3. The lowest BCUT2D eigenvalue weighted by atomic mass is 10.0. The van der Waals surface area contributed by atoms with E-state index in [0.29, 0.717) is 32.2 Å². The summed E-state index contributed by atoms with van der Waals surface area (Å²) in [5.74, 6) is 2.42. The van der Waals surface area contributed by atoms with E-state index in [2.05, 4.69) is 5.92 Å². The highest BCUT2D eigenvalue weighted by atomic mass is 19.4. The molecule has 0 aliphatic carbocycles. The van der Waals surface area contributed by atoms with Gasteiger partial charge in [0.05, 0.1) is 0 Å². The Kier molecular flexibility index (Phi) is 5.86. The number of hydrogen-bond acceptors (Lipinski definition) is 2. The minimum Gasteiger partial charge on any atom is -0.370 e. The minimum absolute atomic E-state index is 0.106. The molecule has 4 nitrogen and oxygen atoms in total. The molecule has 0 saturated carbocycles. The lowest BCUT2D eigenvalue weighted by molar-refractivity contribution is -0.131. The Bertz CT molecular complexity index is 424. The van der Waals surface area contributed by atoms with Crippen LogP contribution in [0.1, 0.15) is 32.1 Å². The average molecular weight is 290 g/mol. The fourth-order valence-corrected chi connectivity index (χ4v) is 2.08. The van der Waals surface area contributed by atoms with Gasteiger partial charge < -0.3 is 10.6 Å². The van der Waals surface area contributed by atoms with Gasteiger partial charge in [-0.05, 0) is 19.3 Å². The third-order valence-corrected chi connectivity index (χ3v) is 3.01. The van der Waals surface area contributed by atoms with Gasteiger partial charge in [-0.3, -0.25) is 9.59 Å². The van der Waals surface area contributed by atoms with Gasteiger partial charge in [-0.25, -0.2) is 0 Å². The molecule has 1 aliphatic rings. The number of amides is 2. The quantitative estimate of drug-likeness (QED) is 0.796. The van der Waals surface area contributed by atoms with Crippen LogP contribution in [0.2, 0.25) is 0 Å². The number of nitrogens with two attached hydrogens (primary N) is 1. The SMILES string of the molecule is NC(=O)CCCN1CC(C#CC(F)(F)F)CCCC1=O. The normalized spacial score (nSPS) is 20.1. The van der Waals surface area contributed by atoms with E-state index in [1.165, 1.54) is 10.8 Å². The Morgan fingerprint density at radius 3 is 2.75 bits per heavy atom. The van der Waals surface area contributed by atoms with Gasteiger partial charge in [0.25, 0.3) is 0 Å². The largest absolute Gasteiger partial charge is 0.457 e. The van der Waals surface area contributed by atoms with Crippen LogP contribution < -0.4 is 5.73 Å². The van der Waals surface area contributed by atoms with E-state index in [1.54, 1.807) is 0 Å². The van der Waals surface area contributed by atoms with Crippen molar-refractivity contribution in [3.8, 4) is 11.8 Å². The van der Waals surface area contributed by atoms with Crippen LogP contribution >= 0.6 is 0 Å². The first-order valence-corrected chi connectivity index (χ1v) is 6.43. The van der Waals surface area contributed by atoms with Crippen LogP contribution in [0.4, 0.5) is 13.2 Å². The number of nitrogens with zero attached hydrogens (tertiary/aromatic N) is 1.